The van der Waals surface area contributed by atoms with Gasteiger partial charge in [0.05, 0.1) is 23.4 Å². The maximum Gasteiger partial charge on any atom is 0.254 e. The number of rotatable bonds is 4. The minimum atomic E-state index is -0.0917. The van der Waals surface area contributed by atoms with Crippen molar-refractivity contribution in [3.8, 4) is 17.1 Å². The summed E-state index contributed by atoms with van der Waals surface area (Å²) in [5.74, 6) is 1.15. The number of H-pyrrole nitrogens is 1. The number of aromatic nitrogens is 4. The Morgan fingerprint density at radius 2 is 2.11 bits per heavy atom. The van der Waals surface area contributed by atoms with Gasteiger partial charge in [0.15, 0.2) is 0 Å². The van der Waals surface area contributed by atoms with Crippen molar-refractivity contribution in [2.24, 2.45) is 0 Å². The number of hydrogen-bond donors (Lipinski definition) is 1. The Labute approximate surface area is 161 Å². The number of benzene rings is 1. The predicted molar refractivity (Wildman–Crippen MR) is 102 cm³/mol. The van der Waals surface area contributed by atoms with E-state index in [2.05, 4.69) is 24.8 Å². The lowest BCUT2D eigenvalue weighted by Crippen LogP contribution is -2.35. The zero-order valence-corrected chi connectivity index (χ0v) is 15.5. The molecule has 1 aromatic carbocycles. The zero-order chi connectivity index (χ0) is 18.8. The van der Waals surface area contributed by atoms with Crippen molar-refractivity contribution in [1.29, 1.82) is 0 Å². The highest BCUT2D eigenvalue weighted by molar-refractivity contribution is 6.32. The molecule has 1 aliphatic heterocycles. The summed E-state index contributed by atoms with van der Waals surface area (Å²) in [5, 5.41) is 0.591. The fourth-order valence-corrected chi connectivity index (χ4v) is 3.53. The second kappa shape index (κ2) is 7.46. The van der Waals surface area contributed by atoms with Crippen molar-refractivity contribution in [2.45, 2.75) is 19.5 Å². The molecule has 3 aromatic rings. The lowest BCUT2D eigenvalue weighted by Gasteiger charge is -2.27. The SMILES string of the molecule is COc1ccc(CN2CCc3c(nc(-c4cncnc4)[nH]c3=O)C2)cc1Cl. The molecule has 1 N–H and O–H groups in total. The van der Waals surface area contributed by atoms with Crippen molar-refractivity contribution >= 4 is 11.6 Å². The summed E-state index contributed by atoms with van der Waals surface area (Å²) >= 11 is 6.22. The molecule has 138 valence electrons. The van der Waals surface area contributed by atoms with Gasteiger partial charge in [-0.15, -0.1) is 0 Å². The smallest absolute Gasteiger partial charge is 0.254 e. The highest BCUT2D eigenvalue weighted by atomic mass is 35.5. The third kappa shape index (κ3) is 3.70. The maximum absolute atomic E-state index is 12.5. The van der Waals surface area contributed by atoms with Crippen molar-refractivity contribution in [3.63, 3.8) is 0 Å². The fourth-order valence-electron chi connectivity index (χ4n) is 3.25. The van der Waals surface area contributed by atoms with E-state index in [1.807, 2.05) is 18.2 Å². The molecule has 2 aromatic heterocycles. The molecule has 8 heteroatoms. The quantitative estimate of drug-likeness (QED) is 0.745. The van der Waals surface area contributed by atoms with Crippen LogP contribution in [0.15, 0.2) is 41.7 Å². The minimum Gasteiger partial charge on any atom is -0.495 e. The maximum atomic E-state index is 12.5. The standard InChI is InChI=1S/C19H18ClN5O2/c1-27-17-3-2-12(6-15(17)20)9-25-5-4-14-16(10-25)23-18(24-19(14)26)13-7-21-11-22-8-13/h2-3,6-8,11H,4-5,9-10H2,1H3,(H,23,24,26). The average Bonchev–Trinajstić information content (AvgIpc) is 2.68. The largest absolute Gasteiger partial charge is 0.495 e. The van der Waals surface area contributed by atoms with Crippen LogP contribution in [0.3, 0.4) is 0 Å². The molecule has 0 aliphatic carbocycles. The predicted octanol–water partition coefficient (Wildman–Crippen LogP) is 2.45. The van der Waals surface area contributed by atoms with Gasteiger partial charge < -0.3 is 9.72 Å². The molecular weight excluding hydrogens is 366 g/mol. The summed E-state index contributed by atoms with van der Waals surface area (Å²) in [5.41, 5.74) is 3.23. The number of nitrogens with one attached hydrogen (secondary N) is 1. The second-order valence-corrected chi connectivity index (χ2v) is 6.80. The van der Waals surface area contributed by atoms with Crippen LogP contribution in [0.5, 0.6) is 5.75 Å². The van der Waals surface area contributed by atoms with Gasteiger partial charge in [0.2, 0.25) is 0 Å². The van der Waals surface area contributed by atoms with Gasteiger partial charge >= 0.3 is 0 Å². The van der Waals surface area contributed by atoms with Crippen LogP contribution in [0.25, 0.3) is 11.4 Å². The van der Waals surface area contributed by atoms with Gasteiger partial charge in [0.1, 0.15) is 17.9 Å². The summed E-state index contributed by atoms with van der Waals surface area (Å²) in [6.45, 7) is 2.11. The second-order valence-electron chi connectivity index (χ2n) is 6.40. The van der Waals surface area contributed by atoms with Crippen LogP contribution in [-0.4, -0.2) is 38.5 Å². The Morgan fingerprint density at radius 3 is 2.85 bits per heavy atom. The lowest BCUT2D eigenvalue weighted by atomic mass is 10.1. The molecule has 0 fully saturated rings. The van der Waals surface area contributed by atoms with Gasteiger partial charge in [-0.05, 0) is 24.1 Å². The zero-order valence-electron chi connectivity index (χ0n) is 14.8. The van der Waals surface area contributed by atoms with E-state index in [1.54, 1.807) is 19.5 Å². The molecule has 0 unspecified atom stereocenters. The van der Waals surface area contributed by atoms with E-state index < -0.39 is 0 Å². The molecular formula is C19H18ClN5O2. The van der Waals surface area contributed by atoms with E-state index >= 15 is 0 Å². The van der Waals surface area contributed by atoms with Gasteiger partial charge in [0, 0.05) is 37.6 Å². The Balaban J connectivity index is 1.58. The molecule has 0 bridgehead atoms. The highest BCUT2D eigenvalue weighted by Gasteiger charge is 2.21. The van der Waals surface area contributed by atoms with Crippen LogP contribution in [0.4, 0.5) is 0 Å². The molecule has 27 heavy (non-hydrogen) atoms. The van der Waals surface area contributed by atoms with Crippen LogP contribution in [0.1, 0.15) is 16.8 Å². The van der Waals surface area contributed by atoms with Gasteiger partial charge in [-0.25, -0.2) is 15.0 Å². The van der Waals surface area contributed by atoms with Gasteiger partial charge in [-0.2, -0.15) is 0 Å². The van der Waals surface area contributed by atoms with Gasteiger partial charge in [0.25, 0.3) is 5.56 Å². The Morgan fingerprint density at radius 1 is 1.30 bits per heavy atom. The molecule has 0 saturated heterocycles. The molecule has 1 aliphatic rings. The number of nitrogens with zero attached hydrogens (tertiary/aromatic N) is 4. The van der Waals surface area contributed by atoms with Crippen molar-refractivity contribution in [1.82, 2.24) is 24.8 Å². The first-order valence-electron chi connectivity index (χ1n) is 8.56. The summed E-state index contributed by atoms with van der Waals surface area (Å²) in [4.78, 5) is 30.2. The van der Waals surface area contributed by atoms with E-state index in [0.29, 0.717) is 35.1 Å². The van der Waals surface area contributed by atoms with E-state index in [4.69, 9.17) is 16.3 Å². The summed E-state index contributed by atoms with van der Waals surface area (Å²) in [6, 6.07) is 5.78. The molecule has 0 saturated carbocycles. The molecule has 4 rings (SSSR count). The normalized spacial score (nSPS) is 14.0. The molecule has 7 nitrogen and oxygen atoms in total. The van der Waals surface area contributed by atoms with Crippen LogP contribution in [-0.2, 0) is 19.5 Å². The first-order valence-corrected chi connectivity index (χ1v) is 8.94. The number of hydrogen-bond acceptors (Lipinski definition) is 6. The number of methoxy groups -OCH3 is 1. The molecule has 0 atom stereocenters. The van der Waals surface area contributed by atoms with Crippen molar-refractivity contribution in [2.75, 3.05) is 13.7 Å². The van der Waals surface area contributed by atoms with Crippen LogP contribution < -0.4 is 10.3 Å². The molecule has 3 heterocycles. The minimum absolute atomic E-state index is 0.0917. The van der Waals surface area contributed by atoms with Crippen molar-refractivity contribution < 1.29 is 4.74 Å². The Bertz CT molecular complexity index is 1020. The first-order chi connectivity index (χ1) is 13.1. The molecule has 0 radical (unpaired) electrons. The monoisotopic (exact) mass is 383 g/mol. The number of ether oxygens (including phenoxy) is 1. The number of halogens is 1. The van der Waals surface area contributed by atoms with Crippen LogP contribution in [0.2, 0.25) is 5.02 Å². The van der Waals surface area contributed by atoms with Gasteiger partial charge in [-0.1, -0.05) is 17.7 Å². The van der Waals surface area contributed by atoms with Crippen molar-refractivity contribution in [3.05, 3.63) is 69.1 Å². The van der Waals surface area contributed by atoms with E-state index in [9.17, 15) is 4.79 Å². The Hall–Kier alpha value is -2.77. The third-order valence-corrected chi connectivity index (χ3v) is 4.90. The van der Waals surface area contributed by atoms with Crippen LogP contribution >= 0.6 is 11.6 Å². The summed E-state index contributed by atoms with van der Waals surface area (Å²) in [7, 11) is 1.60. The first kappa shape index (κ1) is 17.6. The topological polar surface area (TPSA) is 84.0 Å². The summed E-state index contributed by atoms with van der Waals surface area (Å²) < 4.78 is 5.20. The fraction of sp³-hybridized carbons (Fsp3) is 0.263. The summed E-state index contributed by atoms with van der Waals surface area (Å²) in [6.07, 6.45) is 5.38. The van der Waals surface area contributed by atoms with Crippen LogP contribution in [0, 0.1) is 0 Å². The lowest BCUT2D eigenvalue weighted by molar-refractivity contribution is 0.240. The third-order valence-electron chi connectivity index (χ3n) is 4.61. The molecule has 0 spiro atoms. The number of fused-ring (bicyclic) bond motifs is 1. The van der Waals surface area contributed by atoms with E-state index in [1.165, 1.54) is 6.33 Å². The molecule has 0 amide bonds. The highest BCUT2D eigenvalue weighted by Crippen LogP contribution is 2.26. The van der Waals surface area contributed by atoms with Gasteiger partial charge in [-0.3, -0.25) is 9.69 Å². The number of aromatic amines is 1. The van der Waals surface area contributed by atoms with E-state index in [0.717, 1.165) is 29.9 Å². The van der Waals surface area contributed by atoms with E-state index in [-0.39, 0.29) is 5.56 Å². The average molecular weight is 384 g/mol. The Kier molecular flexibility index (Phi) is 4.87.